The molecule has 0 aromatic rings. The van der Waals surface area contributed by atoms with Gasteiger partial charge in [0.05, 0.1) is 19.2 Å². The molecule has 2 aliphatic rings. The molecule has 2 aliphatic heterocycles. The zero-order valence-electron chi connectivity index (χ0n) is 13.3. The average molecular weight is 345 g/mol. The zero-order valence-corrected chi connectivity index (χ0v) is 15.2. The van der Waals surface area contributed by atoms with E-state index in [0.717, 1.165) is 0 Å². The van der Waals surface area contributed by atoms with Crippen molar-refractivity contribution in [3.63, 3.8) is 0 Å². The minimum absolute atomic E-state index is 0. The summed E-state index contributed by atoms with van der Waals surface area (Å²) in [4.78, 5) is 25.3. The molecule has 2 bridgehead atoms. The third-order valence-electron chi connectivity index (χ3n) is 3.22. The molecule has 1 saturated heterocycles. The molecule has 22 heavy (non-hydrogen) atoms. The van der Waals surface area contributed by atoms with Gasteiger partial charge in [0.25, 0.3) is 0 Å². The number of hydroxylamine groups is 2. The molecule has 1 fully saturated rings. The molecule has 2 rings (SSSR count). The summed E-state index contributed by atoms with van der Waals surface area (Å²) in [6.45, 7) is 0.195. The number of urea groups is 1. The predicted octanol–water partition coefficient (Wildman–Crippen LogP) is -4.36. The maximum absolute atomic E-state index is 12.1. The van der Waals surface area contributed by atoms with E-state index in [0.29, 0.717) is 5.06 Å². The monoisotopic (exact) mass is 345 g/mol. The molecule has 0 saturated carbocycles. The first-order valence-corrected chi connectivity index (χ1v) is 7.34. The standard InChI is InChI=1S/C10H15N3O7S.Na.H/c1-11-9(14)7-3-6(5-19-2)12-4-8(7)13(10(12)15)20-21(16,17)18;;/h3,6,8H,4-5H2,1-2H3,(H,11,14)(H,16,17,18);;/q;+1;-1/t6-,8-;;/m0../s1. The van der Waals surface area contributed by atoms with Crippen LogP contribution in [0.4, 0.5) is 4.79 Å². The van der Waals surface area contributed by atoms with Crippen molar-refractivity contribution in [2.45, 2.75) is 12.1 Å². The van der Waals surface area contributed by atoms with E-state index in [1.54, 1.807) is 0 Å². The molecule has 120 valence electrons. The summed E-state index contributed by atoms with van der Waals surface area (Å²) in [6, 6.07) is -2.22. The van der Waals surface area contributed by atoms with Crippen molar-refractivity contribution in [1.29, 1.82) is 0 Å². The van der Waals surface area contributed by atoms with Crippen LogP contribution in [0.1, 0.15) is 1.43 Å². The smallest absolute Gasteiger partial charge is 1.00 e. The number of likely N-dealkylation sites (N-methyl/N-ethyl adjacent to an activating group) is 1. The number of rotatable bonds is 5. The van der Waals surface area contributed by atoms with Gasteiger partial charge in [-0.2, -0.15) is 13.5 Å². The Labute approximate surface area is 151 Å². The van der Waals surface area contributed by atoms with E-state index in [2.05, 4.69) is 9.60 Å². The van der Waals surface area contributed by atoms with Crippen molar-refractivity contribution < 1.29 is 62.6 Å². The van der Waals surface area contributed by atoms with Crippen LogP contribution in [0.2, 0.25) is 0 Å². The van der Waals surface area contributed by atoms with Crippen LogP contribution >= 0.6 is 0 Å². The number of carbonyl (C=O) groups excluding carboxylic acids is 2. The van der Waals surface area contributed by atoms with E-state index in [1.807, 2.05) is 0 Å². The number of carbonyl (C=O) groups is 2. The normalized spacial score (nSPS) is 24.0. The van der Waals surface area contributed by atoms with Gasteiger partial charge in [0.15, 0.2) is 0 Å². The number of methoxy groups -OCH3 is 1. The molecule has 12 heteroatoms. The molecule has 2 atom stereocenters. The molecule has 10 nitrogen and oxygen atoms in total. The molecule has 0 spiro atoms. The van der Waals surface area contributed by atoms with Crippen LogP contribution in [0.5, 0.6) is 0 Å². The average Bonchev–Trinajstić information content (AvgIpc) is 2.66. The Bertz CT molecular complexity index is 599. The molecule has 2 N–H and O–H groups in total. The van der Waals surface area contributed by atoms with Crippen LogP contribution in [0.25, 0.3) is 0 Å². The first-order chi connectivity index (χ1) is 9.78. The van der Waals surface area contributed by atoms with Crippen LogP contribution in [-0.4, -0.2) is 74.3 Å². The Morgan fingerprint density at radius 2 is 2.23 bits per heavy atom. The summed E-state index contributed by atoms with van der Waals surface area (Å²) in [7, 11) is -2.03. The molecule has 0 aromatic heterocycles. The fraction of sp³-hybridized carbons (Fsp3) is 0.600. The summed E-state index contributed by atoms with van der Waals surface area (Å²) < 4.78 is 39.7. The van der Waals surface area contributed by atoms with Crippen LogP contribution in [0, 0.1) is 0 Å². The van der Waals surface area contributed by atoms with Crippen LogP contribution < -0.4 is 34.9 Å². The number of nitrogens with one attached hydrogen (secondary N) is 1. The van der Waals surface area contributed by atoms with Gasteiger partial charge in [-0.25, -0.2) is 4.79 Å². The van der Waals surface area contributed by atoms with E-state index in [1.165, 1.54) is 25.1 Å². The Morgan fingerprint density at radius 1 is 1.59 bits per heavy atom. The van der Waals surface area contributed by atoms with Gasteiger partial charge in [-0.15, -0.1) is 4.28 Å². The summed E-state index contributed by atoms with van der Waals surface area (Å²) >= 11 is 0. The Balaban J connectivity index is 0.00000242. The Kier molecular flexibility index (Phi) is 6.38. The van der Waals surface area contributed by atoms with Crippen LogP contribution in [0.15, 0.2) is 11.6 Å². The summed E-state index contributed by atoms with van der Waals surface area (Å²) in [5, 5.41) is 2.88. The Morgan fingerprint density at radius 3 is 2.73 bits per heavy atom. The van der Waals surface area contributed by atoms with Gasteiger partial charge in [-0.05, 0) is 6.08 Å². The second-order valence-electron chi connectivity index (χ2n) is 4.50. The van der Waals surface area contributed by atoms with Crippen molar-refractivity contribution in [1.82, 2.24) is 15.3 Å². The first kappa shape index (κ1) is 19.4. The number of hydrogen-bond acceptors (Lipinski definition) is 6. The first-order valence-electron chi connectivity index (χ1n) is 5.98. The maximum Gasteiger partial charge on any atom is 1.00 e. The largest absolute Gasteiger partial charge is 1.00 e. The molecule has 2 heterocycles. The van der Waals surface area contributed by atoms with E-state index in [-0.39, 0.29) is 49.7 Å². The van der Waals surface area contributed by atoms with E-state index < -0.39 is 34.4 Å². The molecular formula is C10H16N3NaO7S. The van der Waals surface area contributed by atoms with Gasteiger partial charge in [0.1, 0.15) is 6.04 Å². The van der Waals surface area contributed by atoms with Crippen LogP contribution in [-0.2, 0) is 24.2 Å². The molecule has 0 aromatic carbocycles. The third kappa shape index (κ3) is 3.79. The van der Waals surface area contributed by atoms with Gasteiger partial charge >= 0.3 is 46.0 Å². The summed E-state index contributed by atoms with van der Waals surface area (Å²) in [5.74, 6) is -0.473. The van der Waals surface area contributed by atoms with Gasteiger partial charge in [0, 0.05) is 19.7 Å². The zero-order chi connectivity index (χ0) is 15.8. The quantitative estimate of drug-likeness (QED) is 0.381. The third-order valence-corrected chi connectivity index (χ3v) is 3.57. The fourth-order valence-electron chi connectivity index (χ4n) is 2.37. The maximum atomic E-state index is 12.1. The molecule has 0 aliphatic carbocycles. The fourth-order valence-corrected chi connectivity index (χ4v) is 2.74. The second-order valence-corrected chi connectivity index (χ2v) is 5.51. The summed E-state index contributed by atoms with van der Waals surface area (Å²) in [5.41, 5.74) is 0.172. The van der Waals surface area contributed by atoms with Crippen molar-refractivity contribution in [2.75, 3.05) is 27.3 Å². The molecule has 3 amide bonds. The predicted molar refractivity (Wildman–Crippen MR) is 69.3 cm³/mol. The number of ether oxygens (including phenoxy) is 1. The van der Waals surface area contributed by atoms with E-state index >= 15 is 0 Å². The minimum atomic E-state index is -4.88. The summed E-state index contributed by atoms with van der Waals surface area (Å²) in [6.07, 6.45) is 1.52. The van der Waals surface area contributed by atoms with Gasteiger partial charge in [0.2, 0.25) is 5.91 Å². The van der Waals surface area contributed by atoms with E-state index in [9.17, 15) is 18.0 Å². The molecule has 0 unspecified atom stereocenters. The van der Waals surface area contributed by atoms with Crippen LogP contribution in [0.3, 0.4) is 0 Å². The SMILES string of the molecule is CNC(=O)C1=C[C@@H](COC)N2C[C@@H]1N(OS(=O)(=O)O)C2=O.[H-].[Na+]. The van der Waals surface area contributed by atoms with Crippen molar-refractivity contribution >= 4 is 22.3 Å². The van der Waals surface area contributed by atoms with Gasteiger partial charge in [-0.3, -0.25) is 9.35 Å². The molecular weight excluding hydrogens is 329 g/mol. The van der Waals surface area contributed by atoms with Crippen molar-refractivity contribution in [3.8, 4) is 0 Å². The Hall–Kier alpha value is -0.690. The number of amides is 3. The number of nitrogens with zero attached hydrogens (tertiary/aromatic N) is 2. The number of fused-ring (bicyclic) bond motifs is 2. The van der Waals surface area contributed by atoms with Gasteiger partial charge in [-0.1, -0.05) is 0 Å². The van der Waals surface area contributed by atoms with Gasteiger partial charge < -0.3 is 16.4 Å². The second kappa shape index (κ2) is 7.25. The number of hydrogen-bond donors (Lipinski definition) is 2. The van der Waals surface area contributed by atoms with E-state index in [4.69, 9.17) is 9.29 Å². The molecule has 0 radical (unpaired) electrons. The van der Waals surface area contributed by atoms with Crippen molar-refractivity contribution in [3.05, 3.63) is 11.6 Å². The minimum Gasteiger partial charge on any atom is -1.00 e. The van der Waals surface area contributed by atoms with Crippen molar-refractivity contribution in [2.24, 2.45) is 0 Å². The topological polar surface area (TPSA) is 125 Å².